The van der Waals surface area contributed by atoms with Crippen LogP contribution in [0.3, 0.4) is 0 Å². The van der Waals surface area contributed by atoms with E-state index in [1.54, 1.807) is 6.92 Å². The van der Waals surface area contributed by atoms with Crippen molar-refractivity contribution in [3.05, 3.63) is 0 Å². The minimum atomic E-state index is -0.641. The van der Waals surface area contributed by atoms with Crippen LogP contribution in [0.1, 0.15) is 26.2 Å². The lowest BCUT2D eigenvalue weighted by Gasteiger charge is -2.22. The SMILES string of the molecule is C#CCCOC(=O)[C@H](C)NC(=O)C1CCOCC1. The van der Waals surface area contributed by atoms with Crippen molar-refractivity contribution in [3.63, 3.8) is 0 Å². The molecule has 1 atom stereocenters. The van der Waals surface area contributed by atoms with Gasteiger partial charge in [-0.1, -0.05) is 0 Å². The molecule has 0 spiro atoms. The van der Waals surface area contributed by atoms with Crippen LogP contribution in [-0.2, 0) is 19.1 Å². The van der Waals surface area contributed by atoms with Crippen molar-refractivity contribution in [1.82, 2.24) is 5.32 Å². The Balaban J connectivity index is 2.29. The van der Waals surface area contributed by atoms with Crippen LogP contribution in [0.4, 0.5) is 0 Å². The molecule has 5 nitrogen and oxygen atoms in total. The molecule has 0 unspecified atom stereocenters. The summed E-state index contributed by atoms with van der Waals surface area (Å²) >= 11 is 0. The number of rotatable bonds is 5. The highest BCUT2D eigenvalue weighted by molar-refractivity contribution is 5.85. The number of ether oxygens (including phenoxy) is 2. The lowest BCUT2D eigenvalue weighted by atomic mass is 9.99. The predicted molar refractivity (Wildman–Crippen MR) is 65.6 cm³/mol. The zero-order chi connectivity index (χ0) is 13.4. The summed E-state index contributed by atoms with van der Waals surface area (Å²) in [7, 11) is 0. The Kier molecular flexibility index (Phi) is 6.23. The highest BCUT2D eigenvalue weighted by Crippen LogP contribution is 2.14. The van der Waals surface area contributed by atoms with Gasteiger partial charge in [-0.05, 0) is 19.8 Å². The van der Waals surface area contributed by atoms with Crippen LogP contribution in [-0.4, -0.2) is 37.7 Å². The first-order chi connectivity index (χ1) is 8.65. The normalized spacial score (nSPS) is 17.6. The van der Waals surface area contributed by atoms with Crippen molar-refractivity contribution >= 4 is 11.9 Å². The van der Waals surface area contributed by atoms with Gasteiger partial charge in [0.2, 0.25) is 5.91 Å². The topological polar surface area (TPSA) is 64.6 Å². The Labute approximate surface area is 107 Å². The fourth-order valence-electron chi connectivity index (χ4n) is 1.69. The van der Waals surface area contributed by atoms with E-state index in [2.05, 4.69) is 11.2 Å². The molecule has 1 saturated heterocycles. The molecular formula is C13H19NO4. The van der Waals surface area contributed by atoms with Gasteiger partial charge in [0.05, 0.1) is 0 Å². The zero-order valence-corrected chi connectivity index (χ0v) is 10.6. The first-order valence-corrected chi connectivity index (χ1v) is 6.13. The highest BCUT2D eigenvalue weighted by atomic mass is 16.5. The summed E-state index contributed by atoms with van der Waals surface area (Å²) in [6.07, 6.45) is 6.83. The summed E-state index contributed by atoms with van der Waals surface area (Å²) in [5.74, 6) is 1.74. The van der Waals surface area contributed by atoms with Crippen LogP contribution in [0.2, 0.25) is 0 Å². The molecule has 1 amide bonds. The Morgan fingerprint density at radius 1 is 1.50 bits per heavy atom. The minimum absolute atomic E-state index is 0.0697. The molecule has 1 aliphatic rings. The smallest absolute Gasteiger partial charge is 0.328 e. The second kappa shape index (κ2) is 7.72. The summed E-state index contributed by atoms with van der Waals surface area (Å²) in [5, 5.41) is 2.66. The first-order valence-electron chi connectivity index (χ1n) is 6.13. The molecule has 0 aromatic heterocycles. The number of hydrogen-bond donors (Lipinski definition) is 1. The van der Waals surface area contributed by atoms with Crippen molar-refractivity contribution in [2.24, 2.45) is 5.92 Å². The largest absolute Gasteiger partial charge is 0.463 e. The zero-order valence-electron chi connectivity index (χ0n) is 10.6. The van der Waals surface area contributed by atoms with Gasteiger partial charge in [0.15, 0.2) is 0 Å². The molecule has 1 fully saturated rings. The molecule has 0 aromatic carbocycles. The van der Waals surface area contributed by atoms with Crippen molar-refractivity contribution in [2.75, 3.05) is 19.8 Å². The summed E-state index contributed by atoms with van der Waals surface area (Å²) in [5.41, 5.74) is 0. The molecule has 0 saturated carbocycles. The van der Waals surface area contributed by atoms with Crippen LogP contribution in [0, 0.1) is 18.3 Å². The Bertz CT molecular complexity index is 328. The molecular weight excluding hydrogens is 234 g/mol. The Morgan fingerprint density at radius 3 is 2.78 bits per heavy atom. The number of terminal acetylenes is 1. The van der Waals surface area contributed by atoms with Crippen LogP contribution >= 0.6 is 0 Å². The van der Waals surface area contributed by atoms with Crippen molar-refractivity contribution in [2.45, 2.75) is 32.2 Å². The summed E-state index contributed by atoms with van der Waals surface area (Å²) in [6.45, 7) is 2.99. The van der Waals surface area contributed by atoms with Gasteiger partial charge in [0.25, 0.3) is 0 Å². The molecule has 1 rings (SSSR count). The van der Waals surface area contributed by atoms with Gasteiger partial charge < -0.3 is 14.8 Å². The van der Waals surface area contributed by atoms with Crippen LogP contribution in [0.5, 0.6) is 0 Å². The monoisotopic (exact) mass is 253 g/mol. The molecule has 5 heteroatoms. The van der Waals surface area contributed by atoms with E-state index >= 15 is 0 Å². The number of carbonyl (C=O) groups is 2. The molecule has 0 aromatic rings. The van der Waals surface area contributed by atoms with Gasteiger partial charge in [-0.25, -0.2) is 4.79 Å². The lowest BCUT2D eigenvalue weighted by molar-refractivity contribution is -0.148. The van der Waals surface area contributed by atoms with E-state index in [1.807, 2.05) is 0 Å². The van der Waals surface area contributed by atoms with Crippen molar-refractivity contribution in [3.8, 4) is 12.3 Å². The molecule has 0 bridgehead atoms. The maximum absolute atomic E-state index is 11.8. The van der Waals surface area contributed by atoms with E-state index in [0.29, 0.717) is 32.5 Å². The van der Waals surface area contributed by atoms with E-state index in [0.717, 1.165) is 0 Å². The van der Waals surface area contributed by atoms with E-state index in [9.17, 15) is 9.59 Å². The number of amides is 1. The minimum Gasteiger partial charge on any atom is -0.463 e. The lowest BCUT2D eigenvalue weighted by Crippen LogP contribution is -2.43. The van der Waals surface area contributed by atoms with Gasteiger partial charge in [-0.3, -0.25) is 4.79 Å². The Morgan fingerprint density at radius 2 is 2.17 bits per heavy atom. The van der Waals surface area contributed by atoms with Crippen LogP contribution in [0.25, 0.3) is 0 Å². The van der Waals surface area contributed by atoms with Crippen LogP contribution < -0.4 is 5.32 Å². The van der Waals surface area contributed by atoms with E-state index in [1.165, 1.54) is 0 Å². The van der Waals surface area contributed by atoms with Crippen LogP contribution in [0.15, 0.2) is 0 Å². The number of esters is 1. The maximum atomic E-state index is 11.8. The molecule has 0 aliphatic carbocycles. The van der Waals surface area contributed by atoms with E-state index < -0.39 is 12.0 Å². The molecule has 1 aliphatic heterocycles. The summed E-state index contributed by atoms with van der Waals surface area (Å²) < 4.78 is 10.1. The predicted octanol–water partition coefficient (Wildman–Crippen LogP) is 0.484. The third-order valence-corrected chi connectivity index (χ3v) is 2.80. The van der Waals surface area contributed by atoms with E-state index in [-0.39, 0.29) is 18.4 Å². The number of nitrogens with one attached hydrogen (secondary N) is 1. The van der Waals surface area contributed by atoms with Gasteiger partial charge in [0, 0.05) is 25.6 Å². The molecule has 1 heterocycles. The fourth-order valence-corrected chi connectivity index (χ4v) is 1.69. The average Bonchev–Trinajstić information content (AvgIpc) is 2.39. The van der Waals surface area contributed by atoms with Crippen molar-refractivity contribution < 1.29 is 19.1 Å². The van der Waals surface area contributed by atoms with Gasteiger partial charge in [0.1, 0.15) is 12.6 Å². The Hall–Kier alpha value is -1.54. The van der Waals surface area contributed by atoms with Crippen molar-refractivity contribution in [1.29, 1.82) is 0 Å². The molecule has 1 N–H and O–H groups in total. The first kappa shape index (κ1) is 14.5. The number of carbonyl (C=O) groups excluding carboxylic acids is 2. The second-order valence-corrected chi connectivity index (χ2v) is 4.24. The highest BCUT2D eigenvalue weighted by Gasteiger charge is 2.25. The van der Waals surface area contributed by atoms with Gasteiger partial charge >= 0.3 is 5.97 Å². The third kappa shape index (κ3) is 4.76. The quantitative estimate of drug-likeness (QED) is 0.440. The van der Waals surface area contributed by atoms with E-state index in [4.69, 9.17) is 15.9 Å². The van der Waals surface area contributed by atoms with Gasteiger partial charge in [-0.2, -0.15) is 0 Å². The molecule has 100 valence electrons. The third-order valence-electron chi connectivity index (χ3n) is 2.80. The number of hydrogen-bond acceptors (Lipinski definition) is 4. The fraction of sp³-hybridized carbons (Fsp3) is 0.692. The average molecular weight is 253 g/mol. The summed E-state index contributed by atoms with van der Waals surface area (Å²) in [4.78, 5) is 23.3. The molecule has 0 radical (unpaired) electrons. The maximum Gasteiger partial charge on any atom is 0.328 e. The second-order valence-electron chi connectivity index (χ2n) is 4.24. The standard InChI is InChI=1S/C13H19NO4/c1-3-4-7-18-13(16)10(2)14-12(15)11-5-8-17-9-6-11/h1,10-11H,4-9H2,2H3,(H,14,15)/t10-/m0/s1. The summed E-state index contributed by atoms with van der Waals surface area (Å²) in [6, 6.07) is -0.641. The van der Waals surface area contributed by atoms with Gasteiger partial charge in [-0.15, -0.1) is 12.3 Å². The molecule has 18 heavy (non-hydrogen) atoms.